The van der Waals surface area contributed by atoms with Gasteiger partial charge in [-0.15, -0.1) is 0 Å². The maximum atomic E-state index is 12.4. The number of aromatic nitrogens is 2. The topological polar surface area (TPSA) is 92.2 Å². The summed E-state index contributed by atoms with van der Waals surface area (Å²) in [7, 11) is 0. The minimum Gasteiger partial charge on any atom is -0.508 e. The zero-order valence-electron chi connectivity index (χ0n) is 20.6. The van der Waals surface area contributed by atoms with Crippen molar-refractivity contribution in [2.45, 2.75) is 38.6 Å². The second-order valence-electron chi connectivity index (χ2n) is 9.79. The monoisotopic (exact) mass is 479 g/mol. The third-order valence-corrected chi connectivity index (χ3v) is 6.01. The number of aldehydes is 1. The Morgan fingerprint density at radius 1 is 0.861 bits per heavy atom. The maximum Gasteiger partial charge on any atom is 0.251 e. The number of carbonyl (C=O) groups excluding carboxylic acids is 2. The van der Waals surface area contributed by atoms with E-state index in [2.05, 4.69) is 60.3 Å². The number of aromatic hydroxyl groups is 1. The van der Waals surface area contributed by atoms with Gasteiger partial charge in [-0.05, 0) is 52.8 Å². The maximum absolute atomic E-state index is 12.4. The Kier molecular flexibility index (Phi) is 7.25. The van der Waals surface area contributed by atoms with E-state index in [9.17, 15) is 14.7 Å². The summed E-state index contributed by atoms with van der Waals surface area (Å²) in [5.41, 5.74) is 5.55. The summed E-state index contributed by atoms with van der Waals surface area (Å²) in [5.74, 6) is 0.321. The average Bonchev–Trinajstić information content (AvgIpc) is 2.89. The first kappa shape index (κ1) is 24.8. The first-order chi connectivity index (χ1) is 17.2. The van der Waals surface area contributed by atoms with E-state index in [1.54, 1.807) is 0 Å². The fourth-order valence-corrected chi connectivity index (χ4v) is 3.83. The van der Waals surface area contributed by atoms with Crippen molar-refractivity contribution in [2.75, 3.05) is 0 Å². The Bertz CT molecular complexity index is 1320. The Morgan fingerprint density at radius 3 is 2.00 bits per heavy atom. The smallest absolute Gasteiger partial charge is 0.251 e. The number of hydrogen-bond acceptors (Lipinski definition) is 5. The molecule has 0 bridgehead atoms. The lowest BCUT2D eigenvalue weighted by atomic mass is 9.86. The van der Waals surface area contributed by atoms with Gasteiger partial charge in [0.1, 0.15) is 12.0 Å². The Balaban J connectivity index is 1.40. The van der Waals surface area contributed by atoms with Crippen LogP contribution in [0, 0.1) is 0 Å². The molecule has 0 aliphatic carbocycles. The van der Waals surface area contributed by atoms with Crippen molar-refractivity contribution in [1.29, 1.82) is 0 Å². The van der Waals surface area contributed by atoms with Crippen molar-refractivity contribution in [1.82, 2.24) is 15.3 Å². The fraction of sp³-hybridized carbons (Fsp3) is 0.200. The summed E-state index contributed by atoms with van der Waals surface area (Å²) in [6, 6.07) is 21.3. The van der Waals surface area contributed by atoms with Crippen molar-refractivity contribution in [3.05, 3.63) is 102 Å². The van der Waals surface area contributed by atoms with Gasteiger partial charge in [0.15, 0.2) is 5.82 Å². The first-order valence-electron chi connectivity index (χ1n) is 11.8. The van der Waals surface area contributed by atoms with Gasteiger partial charge in [0.05, 0.1) is 6.04 Å². The Labute approximate surface area is 211 Å². The Morgan fingerprint density at radius 2 is 1.44 bits per heavy atom. The van der Waals surface area contributed by atoms with E-state index in [0.717, 1.165) is 28.5 Å². The SMILES string of the molecule is CC(C)(C)c1ccc(-c2cnc(-c3ccc(CC(C=O)NC(=O)c4ccc(O)cc4)cc3)nc2)cc1. The molecule has 6 heteroatoms. The van der Waals surface area contributed by atoms with Crippen molar-refractivity contribution in [2.24, 2.45) is 0 Å². The highest BCUT2D eigenvalue weighted by Gasteiger charge is 2.15. The van der Waals surface area contributed by atoms with E-state index < -0.39 is 6.04 Å². The van der Waals surface area contributed by atoms with Crippen LogP contribution in [0.1, 0.15) is 42.3 Å². The number of benzene rings is 3. The van der Waals surface area contributed by atoms with Crippen LogP contribution in [0.25, 0.3) is 22.5 Å². The summed E-state index contributed by atoms with van der Waals surface area (Å²) in [4.78, 5) is 33.0. The molecule has 4 rings (SSSR count). The predicted octanol–water partition coefficient (Wildman–Crippen LogP) is 5.35. The summed E-state index contributed by atoms with van der Waals surface area (Å²) in [5, 5.41) is 12.1. The van der Waals surface area contributed by atoms with E-state index in [0.29, 0.717) is 17.8 Å². The van der Waals surface area contributed by atoms with Crippen LogP contribution in [0.4, 0.5) is 0 Å². The standard InChI is InChI=1S/C30H29N3O3/c1-30(2,3)25-12-8-21(9-13-25)24-17-31-28(32-18-24)22-6-4-20(5-7-22)16-26(19-34)33-29(36)23-10-14-27(35)15-11-23/h4-15,17-19,26,35H,16H2,1-3H3,(H,33,36). The molecule has 0 radical (unpaired) electrons. The third kappa shape index (κ3) is 6.02. The molecule has 4 aromatic rings. The zero-order valence-corrected chi connectivity index (χ0v) is 20.6. The number of nitrogens with zero attached hydrogens (tertiary/aromatic N) is 2. The number of carbonyl (C=O) groups is 2. The summed E-state index contributed by atoms with van der Waals surface area (Å²) in [6.45, 7) is 6.58. The highest BCUT2D eigenvalue weighted by molar-refractivity contribution is 5.95. The van der Waals surface area contributed by atoms with Gasteiger partial charge in [-0.3, -0.25) is 4.79 Å². The molecule has 2 N–H and O–H groups in total. The normalized spacial score (nSPS) is 12.1. The highest BCUT2D eigenvalue weighted by atomic mass is 16.3. The minimum atomic E-state index is -0.669. The number of amides is 1. The molecule has 0 saturated carbocycles. The largest absolute Gasteiger partial charge is 0.508 e. The second kappa shape index (κ2) is 10.5. The molecule has 1 heterocycles. The highest BCUT2D eigenvalue weighted by Crippen LogP contribution is 2.26. The molecule has 1 aromatic heterocycles. The molecule has 1 atom stereocenters. The van der Waals surface area contributed by atoms with Crippen molar-refractivity contribution in [3.63, 3.8) is 0 Å². The molecule has 3 aromatic carbocycles. The lowest BCUT2D eigenvalue weighted by Gasteiger charge is -2.19. The van der Waals surface area contributed by atoms with E-state index in [4.69, 9.17) is 0 Å². The van der Waals surface area contributed by atoms with Gasteiger partial charge in [0, 0.05) is 29.1 Å². The van der Waals surface area contributed by atoms with Crippen LogP contribution in [0.3, 0.4) is 0 Å². The van der Waals surface area contributed by atoms with Gasteiger partial charge in [-0.25, -0.2) is 9.97 Å². The molecular weight excluding hydrogens is 450 g/mol. The number of phenols is 1. The van der Waals surface area contributed by atoms with E-state index in [-0.39, 0.29) is 17.1 Å². The van der Waals surface area contributed by atoms with E-state index >= 15 is 0 Å². The van der Waals surface area contributed by atoms with Gasteiger partial charge in [-0.2, -0.15) is 0 Å². The molecule has 1 unspecified atom stereocenters. The molecule has 0 aliphatic heterocycles. The van der Waals surface area contributed by atoms with Gasteiger partial charge in [0.25, 0.3) is 5.91 Å². The Hall–Kier alpha value is -4.32. The summed E-state index contributed by atoms with van der Waals surface area (Å²) in [6.07, 6.45) is 4.73. The number of phenolic OH excluding ortho intramolecular Hbond substituents is 1. The molecule has 0 saturated heterocycles. The van der Waals surface area contributed by atoms with Gasteiger partial charge in [0.2, 0.25) is 0 Å². The fourth-order valence-electron chi connectivity index (χ4n) is 3.83. The number of rotatable bonds is 7. The average molecular weight is 480 g/mol. The van der Waals surface area contributed by atoms with Crippen LogP contribution in [0.5, 0.6) is 5.75 Å². The third-order valence-electron chi connectivity index (χ3n) is 6.01. The summed E-state index contributed by atoms with van der Waals surface area (Å²) < 4.78 is 0. The lowest BCUT2D eigenvalue weighted by molar-refractivity contribution is -0.109. The van der Waals surface area contributed by atoms with Crippen LogP contribution in [-0.4, -0.2) is 33.3 Å². The van der Waals surface area contributed by atoms with Crippen LogP contribution in [0.15, 0.2) is 85.2 Å². The molecule has 0 fully saturated rings. The van der Waals surface area contributed by atoms with Crippen molar-refractivity contribution >= 4 is 12.2 Å². The molecular formula is C30H29N3O3. The molecule has 0 aliphatic rings. The number of hydrogen-bond donors (Lipinski definition) is 2. The molecule has 36 heavy (non-hydrogen) atoms. The molecule has 6 nitrogen and oxygen atoms in total. The predicted molar refractivity (Wildman–Crippen MR) is 141 cm³/mol. The minimum absolute atomic E-state index is 0.0759. The van der Waals surface area contributed by atoms with Crippen molar-refractivity contribution in [3.8, 4) is 28.3 Å². The quantitative estimate of drug-likeness (QED) is 0.349. The van der Waals surface area contributed by atoms with Crippen LogP contribution in [-0.2, 0) is 16.6 Å². The molecule has 0 spiro atoms. The number of nitrogens with one attached hydrogen (secondary N) is 1. The van der Waals surface area contributed by atoms with Crippen LogP contribution in [0.2, 0.25) is 0 Å². The molecule has 1 amide bonds. The van der Waals surface area contributed by atoms with Gasteiger partial charge < -0.3 is 15.2 Å². The van der Waals surface area contributed by atoms with Gasteiger partial charge in [-0.1, -0.05) is 69.3 Å². The second-order valence-corrected chi connectivity index (χ2v) is 9.79. The summed E-state index contributed by atoms with van der Waals surface area (Å²) >= 11 is 0. The van der Waals surface area contributed by atoms with E-state index in [1.165, 1.54) is 29.8 Å². The van der Waals surface area contributed by atoms with Crippen LogP contribution >= 0.6 is 0 Å². The van der Waals surface area contributed by atoms with Crippen LogP contribution < -0.4 is 5.32 Å². The zero-order chi connectivity index (χ0) is 25.7. The molecule has 182 valence electrons. The van der Waals surface area contributed by atoms with E-state index in [1.807, 2.05) is 36.7 Å². The first-order valence-corrected chi connectivity index (χ1v) is 11.8. The van der Waals surface area contributed by atoms with Gasteiger partial charge >= 0.3 is 0 Å². The van der Waals surface area contributed by atoms with Crippen molar-refractivity contribution < 1.29 is 14.7 Å². The lowest BCUT2D eigenvalue weighted by Crippen LogP contribution is -2.37.